The second kappa shape index (κ2) is 5.91. The minimum atomic E-state index is -0.973. The first-order valence-electron chi connectivity index (χ1n) is 9.01. The Morgan fingerprint density at radius 1 is 0.966 bits per heavy atom. The molecule has 1 atom stereocenters. The number of halogens is 2. The number of rotatable bonds is 1. The highest BCUT2D eigenvalue weighted by atomic mass is 19.2. The summed E-state index contributed by atoms with van der Waals surface area (Å²) in [5.74, 6) is -1.94. The van der Waals surface area contributed by atoms with Crippen molar-refractivity contribution < 1.29 is 8.78 Å². The summed E-state index contributed by atoms with van der Waals surface area (Å²) in [6, 6.07) is 10.5. The van der Waals surface area contributed by atoms with Crippen molar-refractivity contribution in [2.24, 2.45) is 14.1 Å². The zero-order chi connectivity index (χ0) is 20.4. The number of benzene rings is 2. The first-order chi connectivity index (χ1) is 13.9. The van der Waals surface area contributed by atoms with E-state index in [4.69, 9.17) is 0 Å². The summed E-state index contributed by atoms with van der Waals surface area (Å²) in [4.78, 5) is 25.3. The van der Waals surface area contributed by atoms with Gasteiger partial charge in [0.15, 0.2) is 11.6 Å². The van der Waals surface area contributed by atoms with Crippen molar-refractivity contribution in [1.29, 1.82) is 0 Å². The van der Waals surface area contributed by atoms with Gasteiger partial charge in [-0.1, -0.05) is 24.3 Å². The van der Waals surface area contributed by atoms with Crippen LogP contribution in [0.4, 0.5) is 14.5 Å². The van der Waals surface area contributed by atoms with Gasteiger partial charge in [0.05, 0.1) is 34.0 Å². The van der Waals surface area contributed by atoms with Crippen LogP contribution in [-0.4, -0.2) is 13.7 Å². The summed E-state index contributed by atoms with van der Waals surface area (Å²) in [5, 5.41) is 3.57. The van der Waals surface area contributed by atoms with Gasteiger partial charge in [0, 0.05) is 25.9 Å². The standard InChI is InChI=1S/C21H16F2N4O2/c1-25-18-12(20(28)26(2)21(25)29)10-27-15-9-4-3-8-14(15)24-17(19(18)27)11-6-5-7-13(22)16(11)23/h3-10,17,24H,1-2H3. The summed E-state index contributed by atoms with van der Waals surface area (Å²) < 4.78 is 32.9. The number of fused-ring (bicyclic) bond motifs is 5. The van der Waals surface area contributed by atoms with Gasteiger partial charge in [0.1, 0.15) is 0 Å². The predicted molar refractivity (Wildman–Crippen MR) is 106 cm³/mol. The molecule has 2 aromatic carbocycles. The van der Waals surface area contributed by atoms with Crippen LogP contribution in [-0.2, 0) is 14.1 Å². The molecular formula is C21H16F2N4O2. The second-order valence-corrected chi connectivity index (χ2v) is 7.09. The third kappa shape index (κ3) is 2.25. The Morgan fingerprint density at radius 3 is 2.52 bits per heavy atom. The lowest BCUT2D eigenvalue weighted by Gasteiger charge is -2.30. The molecule has 1 N–H and O–H groups in total. The molecule has 1 aliphatic rings. The number of nitrogens with one attached hydrogen (secondary N) is 1. The Balaban J connectivity index is 1.96. The number of hydrogen-bond acceptors (Lipinski definition) is 3. The molecule has 0 spiro atoms. The molecular weight excluding hydrogens is 378 g/mol. The fourth-order valence-electron chi connectivity index (χ4n) is 4.08. The van der Waals surface area contributed by atoms with E-state index in [1.807, 2.05) is 24.3 Å². The monoisotopic (exact) mass is 394 g/mol. The minimum absolute atomic E-state index is 0.0916. The average molecular weight is 394 g/mol. The molecule has 29 heavy (non-hydrogen) atoms. The Kier molecular flexibility index (Phi) is 3.55. The SMILES string of the molecule is Cn1c(=O)c2cn3c(c2n(C)c1=O)C(c1cccc(F)c1F)Nc1ccccc1-3. The third-order valence-electron chi connectivity index (χ3n) is 5.49. The van der Waals surface area contributed by atoms with Crippen LogP contribution in [0.3, 0.4) is 0 Å². The Morgan fingerprint density at radius 2 is 1.72 bits per heavy atom. The number of hydrogen-bond donors (Lipinski definition) is 1. The van der Waals surface area contributed by atoms with Crippen molar-refractivity contribution in [3.8, 4) is 5.69 Å². The van der Waals surface area contributed by atoms with Gasteiger partial charge < -0.3 is 9.88 Å². The van der Waals surface area contributed by atoms with Gasteiger partial charge in [-0.25, -0.2) is 13.6 Å². The molecule has 3 heterocycles. The van der Waals surface area contributed by atoms with Gasteiger partial charge in [-0.15, -0.1) is 0 Å². The van der Waals surface area contributed by atoms with Crippen LogP contribution >= 0.6 is 0 Å². The first-order valence-corrected chi connectivity index (χ1v) is 9.01. The highest BCUT2D eigenvalue weighted by Crippen LogP contribution is 2.41. The fraction of sp³-hybridized carbons (Fsp3) is 0.143. The molecule has 0 aliphatic carbocycles. The van der Waals surface area contributed by atoms with Gasteiger partial charge >= 0.3 is 5.69 Å². The molecule has 1 unspecified atom stereocenters. The molecule has 6 nitrogen and oxygen atoms in total. The van der Waals surface area contributed by atoms with Gasteiger partial charge in [0.25, 0.3) is 5.56 Å². The predicted octanol–water partition coefficient (Wildman–Crippen LogP) is 2.82. The summed E-state index contributed by atoms with van der Waals surface area (Å²) in [7, 11) is 2.97. The van der Waals surface area contributed by atoms with Gasteiger partial charge in [-0.3, -0.25) is 13.9 Å². The van der Waals surface area contributed by atoms with Crippen molar-refractivity contribution in [2.75, 3.05) is 5.32 Å². The highest BCUT2D eigenvalue weighted by molar-refractivity contribution is 5.86. The Labute approximate surface area is 163 Å². The first kappa shape index (κ1) is 17.4. The molecule has 0 saturated carbocycles. The van der Waals surface area contributed by atoms with Crippen molar-refractivity contribution in [2.45, 2.75) is 6.04 Å². The minimum Gasteiger partial charge on any atom is -0.371 e. The lowest BCUT2D eigenvalue weighted by atomic mass is 9.99. The average Bonchev–Trinajstić information content (AvgIpc) is 3.13. The summed E-state index contributed by atoms with van der Waals surface area (Å²) in [6.07, 6.45) is 1.65. The van der Waals surface area contributed by atoms with Crippen LogP contribution in [0.25, 0.3) is 16.6 Å². The zero-order valence-electron chi connectivity index (χ0n) is 15.6. The van der Waals surface area contributed by atoms with E-state index in [-0.39, 0.29) is 5.56 Å². The molecule has 0 fully saturated rings. The van der Waals surface area contributed by atoms with Crippen LogP contribution in [0.15, 0.2) is 58.3 Å². The van der Waals surface area contributed by atoms with Crippen molar-refractivity contribution in [3.05, 3.63) is 92.4 Å². The van der Waals surface area contributed by atoms with Crippen LogP contribution < -0.4 is 16.6 Å². The maximum absolute atomic E-state index is 14.7. The van der Waals surface area contributed by atoms with E-state index in [0.717, 1.165) is 16.3 Å². The molecule has 4 aromatic rings. The lowest BCUT2D eigenvalue weighted by Crippen LogP contribution is -2.37. The molecule has 5 rings (SSSR count). The summed E-state index contributed by atoms with van der Waals surface area (Å²) in [6.45, 7) is 0. The van der Waals surface area contributed by atoms with E-state index in [2.05, 4.69) is 5.32 Å². The van der Waals surface area contributed by atoms with Crippen LogP contribution in [0.1, 0.15) is 17.3 Å². The third-order valence-corrected chi connectivity index (χ3v) is 5.49. The number of aromatic nitrogens is 3. The van der Waals surface area contributed by atoms with Crippen LogP contribution in [0.2, 0.25) is 0 Å². The van der Waals surface area contributed by atoms with Crippen LogP contribution in [0, 0.1) is 11.6 Å². The van der Waals surface area contributed by atoms with Gasteiger partial charge in [-0.2, -0.15) is 0 Å². The number of nitrogens with zero attached hydrogens (tertiary/aromatic N) is 3. The maximum atomic E-state index is 14.7. The van der Waals surface area contributed by atoms with E-state index in [1.165, 1.54) is 23.7 Å². The lowest BCUT2D eigenvalue weighted by molar-refractivity contribution is 0.495. The van der Waals surface area contributed by atoms with E-state index in [9.17, 15) is 18.4 Å². The molecule has 0 bridgehead atoms. The van der Waals surface area contributed by atoms with Gasteiger partial charge in [-0.05, 0) is 18.2 Å². The number of aryl methyl sites for hydroxylation is 1. The molecule has 8 heteroatoms. The Bertz CT molecular complexity index is 1430. The smallest absolute Gasteiger partial charge is 0.331 e. The number of anilines is 1. The zero-order valence-corrected chi connectivity index (χ0v) is 15.6. The summed E-state index contributed by atoms with van der Waals surface area (Å²) >= 11 is 0. The highest BCUT2D eigenvalue weighted by Gasteiger charge is 2.32. The number of para-hydroxylation sites is 2. The topological polar surface area (TPSA) is 61.0 Å². The quantitative estimate of drug-likeness (QED) is 0.540. The normalized spacial score (nSPS) is 15.1. The Hall–Kier alpha value is -3.68. The fourth-order valence-corrected chi connectivity index (χ4v) is 4.08. The second-order valence-electron chi connectivity index (χ2n) is 7.09. The molecule has 0 amide bonds. The molecule has 2 aromatic heterocycles. The van der Waals surface area contributed by atoms with Crippen LogP contribution in [0.5, 0.6) is 0 Å². The van der Waals surface area contributed by atoms with Gasteiger partial charge in [0.2, 0.25) is 0 Å². The van der Waals surface area contributed by atoms with Crippen molar-refractivity contribution >= 4 is 16.6 Å². The van der Waals surface area contributed by atoms with E-state index >= 15 is 0 Å². The summed E-state index contributed by atoms with van der Waals surface area (Å²) in [5.41, 5.74) is 1.50. The van der Waals surface area contributed by atoms with E-state index < -0.39 is 28.9 Å². The largest absolute Gasteiger partial charge is 0.371 e. The molecule has 0 radical (unpaired) electrons. The van der Waals surface area contributed by atoms with Crippen molar-refractivity contribution in [1.82, 2.24) is 13.7 Å². The molecule has 146 valence electrons. The van der Waals surface area contributed by atoms with E-state index in [1.54, 1.807) is 17.8 Å². The maximum Gasteiger partial charge on any atom is 0.331 e. The van der Waals surface area contributed by atoms with Crippen molar-refractivity contribution in [3.63, 3.8) is 0 Å². The molecule has 1 aliphatic heterocycles. The molecule has 0 saturated heterocycles. The van der Waals surface area contributed by atoms with E-state index in [0.29, 0.717) is 22.3 Å².